The van der Waals surface area contributed by atoms with Crippen molar-refractivity contribution in [3.8, 4) is 0 Å². The summed E-state index contributed by atoms with van der Waals surface area (Å²) in [5, 5.41) is 0. The first kappa shape index (κ1) is 20.3. The lowest BCUT2D eigenvalue weighted by atomic mass is 9.89. The van der Waals surface area contributed by atoms with E-state index < -0.39 is 16.0 Å². The van der Waals surface area contributed by atoms with Gasteiger partial charge in [0.2, 0.25) is 0 Å². The molecular weight excluding hydrogens is 396 g/mol. The smallest absolute Gasteiger partial charge is 0.340 e. The molecule has 0 atom stereocenters. The summed E-state index contributed by atoms with van der Waals surface area (Å²) >= 11 is 1.26. The minimum atomic E-state index is -3.72. The van der Waals surface area contributed by atoms with E-state index in [9.17, 15) is 13.2 Å². The highest BCUT2D eigenvalue weighted by molar-refractivity contribution is 7.91. The lowest BCUT2D eigenvalue weighted by Gasteiger charge is -2.39. The molecule has 1 N–H and O–H groups in total. The minimum Gasteiger partial charge on any atom is -0.465 e. The molecule has 0 saturated heterocycles. The molecule has 0 amide bonds. The Morgan fingerprint density at radius 1 is 1.18 bits per heavy atom. The van der Waals surface area contributed by atoms with Gasteiger partial charge in [-0.25, -0.2) is 17.9 Å². The molecule has 3 aliphatic rings. The van der Waals surface area contributed by atoms with E-state index in [0.29, 0.717) is 24.9 Å². The van der Waals surface area contributed by atoms with Gasteiger partial charge in [-0.15, -0.1) is 11.3 Å². The highest BCUT2D eigenvalue weighted by Gasteiger charge is 2.36. The summed E-state index contributed by atoms with van der Waals surface area (Å²) in [5.74, 6) is -0.138. The number of carbonyl (C=O) groups is 1. The highest BCUT2D eigenvalue weighted by Crippen LogP contribution is 2.39. The number of nitrogens with zero attached hydrogens (tertiary/aromatic N) is 1. The quantitative estimate of drug-likeness (QED) is 0.707. The van der Waals surface area contributed by atoms with Crippen LogP contribution in [-0.4, -0.2) is 45.5 Å². The summed E-state index contributed by atoms with van der Waals surface area (Å²) in [6, 6.07) is 0.612. The molecule has 0 aromatic carbocycles. The van der Waals surface area contributed by atoms with Crippen molar-refractivity contribution in [1.82, 2.24) is 9.62 Å². The van der Waals surface area contributed by atoms with Gasteiger partial charge in [0.05, 0.1) is 12.7 Å². The second kappa shape index (κ2) is 8.42. The van der Waals surface area contributed by atoms with E-state index in [0.717, 1.165) is 36.4 Å². The molecule has 1 aromatic heterocycles. The van der Waals surface area contributed by atoms with Crippen LogP contribution in [0.1, 0.15) is 72.2 Å². The van der Waals surface area contributed by atoms with Crippen molar-refractivity contribution in [2.75, 3.05) is 20.2 Å². The average molecular weight is 427 g/mol. The largest absolute Gasteiger partial charge is 0.465 e. The molecule has 8 heteroatoms. The Bertz CT molecular complexity index is 824. The van der Waals surface area contributed by atoms with Gasteiger partial charge in [0.25, 0.3) is 10.0 Å². The number of hydrogen-bond donors (Lipinski definition) is 1. The Morgan fingerprint density at radius 2 is 1.93 bits per heavy atom. The summed E-state index contributed by atoms with van der Waals surface area (Å²) in [7, 11) is -2.40. The molecule has 2 fully saturated rings. The molecule has 0 radical (unpaired) electrons. The maximum absolute atomic E-state index is 13.1. The molecule has 0 bridgehead atoms. The second-order valence-electron chi connectivity index (χ2n) is 8.32. The lowest BCUT2D eigenvalue weighted by molar-refractivity contribution is 0.0594. The second-order valence-corrected chi connectivity index (χ2v) is 11.4. The summed E-state index contributed by atoms with van der Waals surface area (Å²) in [6.45, 7) is 2.08. The molecule has 28 heavy (non-hydrogen) atoms. The van der Waals surface area contributed by atoms with Crippen LogP contribution in [0.5, 0.6) is 0 Å². The van der Waals surface area contributed by atoms with E-state index >= 15 is 0 Å². The summed E-state index contributed by atoms with van der Waals surface area (Å²) in [4.78, 5) is 15.9. The van der Waals surface area contributed by atoms with Crippen molar-refractivity contribution < 1.29 is 17.9 Å². The zero-order valence-electron chi connectivity index (χ0n) is 16.5. The van der Waals surface area contributed by atoms with Crippen LogP contribution in [0.25, 0.3) is 0 Å². The monoisotopic (exact) mass is 426 g/mol. The van der Waals surface area contributed by atoms with Crippen molar-refractivity contribution in [3.63, 3.8) is 0 Å². The standard InChI is InChI=1S/C20H30N2O4S2/c1-26-19(23)18-16-10-11-22(15-8-5-9-15)13-17(16)27-20(18)28(24,25)21-12-14-6-3-2-4-7-14/h14-15,21H,2-13H2,1H3. The van der Waals surface area contributed by atoms with Crippen LogP contribution >= 0.6 is 11.3 Å². The Kier molecular flexibility index (Phi) is 6.11. The highest BCUT2D eigenvalue weighted by atomic mass is 32.2. The van der Waals surface area contributed by atoms with Crippen LogP contribution in [0.2, 0.25) is 0 Å². The van der Waals surface area contributed by atoms with Gasteiger partial charge in [0.15, 0.2) is 0 Å². The van der Waals surface area contributed by atoms with Crippen molar-refractivity contribution in [1.29, 1.82) is 0 Å². The Labute approximate surface area is 171 Å². The summed E-state index contributed by atoms with van der Waals surface area (Å²) in [6.07, 6.45) is 10.2. The van der Waals surface area contributed by atoms with Crippen molar-refractivity contribution >= 4 is 27.3 Å². The van der Waals surface area contributed by atoms with Gasteiger partial charge in [0.1, 0.15) is 4.21 Å². The predicted octanol–water partition coefficient (Wildman–Crippen LogP) is 3.30. The van der Waals surface area contributed by atoms with Crippen LogP contribution in [0.15, 0.2) is 4.21 Å². The maximum atomic E-state index is 13.1. The molecule has 0 spiro atoms. The van der Waals surface area contributed by atoms with Gasteiger partial charge in [-0.05, 0) is 43.6 Å². The fourth-order valence-corrected chi connectivity index (χ4v) is 7.71. The number of sulfonamides is 1. The molecule has 1 aliphatic heterocycles. The molecule has 2 aliphatic carbocycles. The van der Waals surface area contributed by atoms with Gasteiger partial charge in [-0.1, -0.05) is 25.7 Å². The number of ether oxygens (including phenoxy) is 1. The first-order valence-corrected chi connectivity index (χ1v) is 12.8. The predicted molar refractivity (Wildman–Crippen MR) is 109 cm³/mol. The lowest BCUT2D eigenvalue weighted by Crippen LogP contribution is -2.42. The van der Waals surface area contributed by atoms with Crippen molar-refractivity contribution in [2.24, 2.45) is 5.92 Å². The van der Waals surface area contributed by atoms with E-state index in [1.54, 1.807) is 0 Å². The van der Waals surface area contributed by atoms with Crippen LogP contribution < -0.4 is 4.72 Å². The summed E-state index contributed by atoms with van der Waals surface area (Å²) < 4.78 is 34.1. The summed E-state index contributed by atoms with van der Waals surface area (Å²) in [5.41, 5.74) is 1.15. The first-order chi connectivity index (χ1) is 13.5. The molecule has 156 valence electrons. The number of carbonyl (C=O) groups excluding carboxylic acids is 1. The Morgan fingerprint density at radius 3 is 2.57 bits per heavy atom. The average Bonchev–Trinajstić information content (AvgIpc) is 3.05. The molecule has 0 unspecified atom stereocenters. The number of rotatable bonds is 6. The van der Waals surface area contributed by atoms with E-state index in [-0.39, 0.29) is 9.77 Å². The topological polar surface area (TPSA) is 75.7 Å². The van der Waals surface area contributed by atoms with Gasteiger partial charge in [-0.2, -0.15) is 0 Å². The minimum absolute atomic E-state index is 0.149. The van der Waals surface area contributed by atoms with Crippen LogP contribution in [0.3, 0.4) is 0 Å². The number of thiophene rings is 1. The Hall–Kier alpha value is -0.960. The number of methoxy groups -OCH3 is 1. The molecule has 2 heterocycles. The maximum Gasteiger partial charge on any atom is 0.340 e. The molecule has 1 aromatic rings. The van der Waals surface area contributed by atoms with E-state index in [1.165, 1.54) is 57.0 Å². The SMILES string of the molecule is COC(=O)c1c(S(=O)(=O)NCC2CCCCC2)sc2c1CCN(C1CCC1)C2. The fourth-order valence-electron chi connectivity index (χ4n) is 4.64. The third-order valence-corrected chi connectivity index (χ3v) is 9.72. The first-order valence-electron chi connectivity index (χ1n) is 10.5. The van der Waals surface area contributed by atoms with E-state index in [4.69, 9.17) is 4.74 Å². The zero-order valence-corrected chi connectivity index (χ0v) is 18.2. The van der Waals surface area contributed by atoms with Gasteiger partial charge >= 0.3 is 5.97 Å². The van der Waals surface area contributed by atoms with Crippen LogP contribution in [0, 0.1) is 5.92 Å². The van der Waals surface area contributed by atoms with Gasteiger partial charge in [-0.3, -0.25) is 4.90 Å². The van der Waals surface area contributed by atoms with Crippen LogP contribution in [0.4, 0.5) is 0 Å². The third kappa shape index (κ3) is 4.01. The molecule has 4 rings (SSSR count). The number of esters is 1. The molecule has 2 saturated carbocycles. The number of fused-ring (bicyclic) bond motifs is 1. The van der Waals surface area contributed by atoms with Crippen molar-refractivity contribution in [2.45, 2.75) is 74.6 Å². The Balaban J connectivity index is 1.58. The van der Waals surface area contributed by atoms with Gasteiger partial charge < -0.3 is 4.74 Å². The normalized spacial score (nSPS) is 21.9. The van der Waals surface area contributed by atoms with Gasteiger partial charge in [0, 0.05) is 30.6 Å². The van der Waals surface area contributed by atoms with E-state index in [1.807, 2.05) is 0 Å². The van der Waals surface area contributed by atoms with E-state index in [2.05, 4.69) is 9.62 Å². The van der Waals surface area contributed by atoms with Crippen LogP contribution in [-0.2, 0) is 27.7 Å². The zero-order chi connectivity index (χ0) is 19.7. The molecule has 6 nitrogen and oxygen atoms in total. The fraction of sp³-hybridized carbons (Fsp3) is 0.750. The third-order valence-electron chi connectivity index (χ3n) is 6.57. The number of nitrogens with one attached hydrogen (secondary N) is 1. The van der Waals surface area contributed by atoms with Crippen molar-refractivity contribution in [3.05, 3.63) is 16.0 Å². The molecular formula is C20H30N2O4S2. The number of hydrogen-bond acceptors (Lipinski definition) is 6.